The van der Waals surface area contributed by atoms with Crippen molar-refractivity contribution in [2.75, 3.05) is 27.3 Å². The molecule has 0 amide bonds. The summed E-state index contributed by atoms with van der Waals surface area (Å²) in [7, 11) is 6.15. The molecule has 0 spiro atoms. The van der Waals surface area contributed by atoms with Gasteiger partial charge in [-0.25, -0.2) is 4.79 Å². The molecule has 168 valence electrons. The number of aromatic nitrogens is 2. The molecule has 1 saturated heterocycles. The van der Waals surface area contributed by atoms with Gasteiger partial charge in [-0.05, 0) is 71.4 Å². The Kier molecular flexibility index (Phi) is 5.60. The lowest BCUT2D eigenvalue weighted by molar-refractivity contribution is -0.127. The maximum absolute atomic E-state index is 12.4. The topological polar surface area (TPSA) is 56.6 Å². The molecule has 0 bridgehead atoms. The number of nitrogens with zero attached hydrogens (tertiary/aromatic N) is 3. The minimum atomic E-state index is -0.357. The average Bonchev–Trinajstić information content (AvgIpc) is 3.11. The van der Waals surface area contributed by atoms with Gasteiger partial charge in [0.05, 0.1) is 12.2 Å². The highest BCUT2D eigenvalue weighted by atomic mass is 79.9. The van der Waals surface area contributed by atoms with E-state index in [1.54, 1.807) is 12.3 Å². The lowest BCUT2D eigenvalue weighted by Crippen LogP contribution is -2.59. The zero-order valence-electron chi connectivity index (χ0n) is 18.7. The van der Waals surface area contributed by atoms with Crippen LogP contribution in [0.4, 0.5) is 0 Å². The molecule has 32 heavy (non-hydrogen) atoms. The van der Waals surface area contributed by atoms with E-state index in [-0.39, 0.29) is 11.6 Å². The van der Waals surface area contributed by atoms with E-state index < -0.39 is 0 Å². The second kappa shape index (κ2) is 8.28. The number of benzene rings is 1. The van der Waals surface area contributed by atoms with Crippen LogP contribution in [0.2, 0.25) is 0 Å². The van der Waals surface area contributed by atoms with Crippen LogP contribution in [0.25, 0.3) is 10.9 Å². The number of likely N-dealkylation sites (N-methyl/N-ethyl adjacent to an activating group) is 1. The zero-order valence-corrected chi connectivity index (χ0v) is 20.3. The molecule has 1 aliphatic heterocycles. The van der Waals surface area contributed by atoms with E-state index >= 15 is 0 Å². The van der Waals surface area contributed by atoms with Crippen LogP contribution in [0.15, 0.2) is 47.3 Å². The third-order valence-electron chi connectivity index (χ3n) is 7.23. The molecule has 1 aromatic carbocycles. The number of carbonyl (C=O) groups is 1. The van der Waals surface area contributed by atoms with E-state index in [2.05, 4.69) is 68.9 Å². The SMILES string of the molecule is CO[C@]12C[C@@H](CCOC(=O)c3cncc(Br)c3)CN(C)[C@@H]1Cc1cn(C)c3cccc2c13. The van der Waals surface area contributed by atoms with E-state index in [0.29, 0.717) is 24.1 Å². The highest BCUT2D eigenvalue weighted by molar-refractivity contribution is 9.10. The fraction of sp³-hybridized carbons (Fsp3) is 0.440. The second-order valence-electron chi connectivity index (χ2n) is 9.10. The molecular weight excluding hydrogens is 470 g/mol. The number of fused-ring (bicyclic) bond motifs is 2. The summed E-state index contributed by atoms with van der Waals surface area (Å²) < 4.78 is 14.9. The number of rotatable bonds is 5. The molecule has 3 atom stereocenters. The minimum Gasteiger partial charge on any atom is -0.462 e. The Morgan fingerprint density at radius 2 is 2.16 bits per heavy atom. The summed E-state index contributed by atoms with van der Waals surface area (Å²) in [5, 5.41) is 1.34. The molecule has 0 radical (unpaired) electrons. The van der Waals surface area contributed by atoms with Crippen molar-refractivity contribution in [2.45, 2.75) is 30.9 Å². The van der Waals surface area contributed by atoms with Gasteiger partial charge in [0.1, 0.15) is 5.60 Å². The smallest absolute Gasteiger partial charge is 0.339 e. The number of hydrogen-bond donors (Lipinski definition) is 0. The summed E-state index contributed by atoms with van der Waals surface area (Å²) >= 11 is 3.35. The first-order valence-corrected chi connectivity index (χ1v) is 11.8. The standard InChI is InChI=1S/C25H28BrN3O3/c1-28-15-18-10-22-25(31-3,20-5-4-6-21(28)23(18)20)11-16(14-29(22)2)7-8-32-24(30)17-9-19(26)13-27-12-17/h4-6,9,12-13,15-16,22H,7-8,10-11,14H2,1-3H3/t16-,22-,25+/m1/s1. The molecule has 1 fully saturated rings. The molecule has 0 unspecified atom stereocenters. The summed E-state index contributed by atoms with van der Waals surface area (Å²) in [6.45, 7) is 1.35. The highest BCUT2D eigenvalue weighted by Gasteiger charge is 2.51. The van der Waals surface area contributed by atoms with Crippen molar-refractivity contribution in [2.24, 2.45) is 13.0 Å². The first-order valence-electron chi connectivity index (χ1n) is 11.0. The molecule has 6 nitrogen and oxygen atoms in total. The van der Waals surface area contributed by atoms with Gasteiger partial charge in [0, 0.05) is 60.7 Å². The molecule has 7 heteroatoms. The number of ether oxygens (including phenoxy) is 2. The lowest BCUT2D eigenvalue weighted by Gasteiger charge is -2.53. The van der Waals surface area contributed by atoms with Crippen molar-refractivity contribution in [1.29, 1.82) is 0 Å². The lowest BCUT2D eigenvalue weighted by atomic mass is 9.68. The fourth-order valence-electron chi connectivity index (χ4n) is 5.83. The van der Waals surface area contributed by atoms with Crippen LogP contribution in [0.3, 0.4) is 0 Å². The van der Waals surface area contributed by atoms with Crippen LogP contribution in [0, 0.1) is 5.92 Å². The molecule has 2 aliphatic rings. The van der Waals surface area contributed by atoms with E-state index in [4.69, 9.17) is 9.47 Å². The number of aryl methyl sites for hydroxylation is 1. The molecule has 0 saturated carbocycles. The van der Waals surface area contributed by atoms with E-state index in [1.165, 1.54) is 28.2 Å². The molecule has 3 heterocycles. The summed E-state index contributed by atoms with van der Waals surface area (Å²) in [5.41, 5.74) is 4.05. The van der Waals surface area contributed by atoms with E-state index in [1.807, 2.05) is 7.11 Å². The van der Waals surface area contributed by atoms with Crippen molar-refractivity contribution < 1.29 is 14.3 Å². The van der Waals surface area contributed by atoms with Crippen LogP contribution in [-0.2, 0) is 28.5 Å². The maximum Gasteiger partial charge on any atom is 0.339 e. The van der Waals surface area contributed by atoms with Gasteiger partial charge in [-0.1, -0.05) is 12.1 Å². The van der Waals surface area contributed by atoms with Gasteiger partial charge in [-0.3, -0.25) is 9.88 Å². The number of methoxy groups -OCH3 is 1. The van der Waals surface area contributed by atoms with Crippen LogP contribution in [-0.4, -0.2) is 53.8 Å². The largest absolute Gasteiger partial charge is 0.462 e. The average molecular weight is 498 g/mol. The number of likely N-dealkylation sites (tertiary alicyclic amines) is 1. The number of pyridine rings is 1. The summed E-state index contributed by atoms with van der Waals surface area (Å²) in [5.74, 6) is 0.0313. The van der Waals surface area contributed by atoms with Crippen molar-refractivity contribution in [3.8, 4) is 0 Å². The third kappa shape index (κ3) is 3.47. The highest BCUT2D eigenvalue weighted by Crippen LogP contribution is 2.50. The monoisotopic (exact) mass is 497 g/mol. The van der Waals surface area contributed by atoms with Gasteiger partial charge in [0.2, 0.25) is 0 Å². The van der Waals surface area contributed by atoms with Crippen molar-refractivity contribution in [1.82, 2.24) is 14.5 Å². The Balaban J connectivity index is 1.36. The first kappa shape index (κ1) is 21.6. The van der Waals surface area contributed by atoms with Gasteiger partial charge in [-0.2, -0.15) is 0 Å². The maximum atomic E-state index is 12.4. The van der Waals surface area contributed by atoms with E-state index in [9.17, 15) is 4.79 Å². The predicted octanol–water partition coefficient (Wildman–Crippen LogP) is 4.30. The number of halogens is 1. The Hall–Kier alpha value is -2.22. The first-order chi connectivity index (χ1) is 15.4. The summed E-state index contributed by atoms with van der Waals surface area (Å²) in [6.07, 6.45) is 8.15. The third-order valence-corrected chi connectivity index (χ3v) is 7.67. The van der Waals surface area contributed by atoms with Crippen LogP contribution >= 0.6 is 15.9 Å². The van der Waals surface area contributed by atoms with Gasteiger partial charge in [0.25, 0.3) is 0 Å². The van der Waals surface area contributed by atoms with E-state index in [0.717, 1.165) is 30.3 Å². The molecule has 2 aromatic heterocycles. The number of carbonyl (C=O) groups excluding carboxylic acids is 1. The Morgan fingerprint density at radius 1 is 1.31 bits per heavy atom. The predicted molar refractivity (Wildman–Crippen MR) is 127 cm³/mol. The van der Waals surface area contributed by atoms with Crippen molar-refractivity contribution in [3.05, 3.63) is 64.0 Å². The second-order valence-corrected chi connectivity index (χ2v) is 10.0. The fourth-order valence-corrected chi connectivity index (χ4v) is 6.20. The quantitative estimate of drug-likeness (QED) is 0.491. The van der Waals surface area contributed by atoms with Crippen molar-refractivity contribution in [3.63, 3.8) is 0 Å². The molecule has 3 aromatic rings. The molecule has 0 N–H and O–H groups in total. The van der Waals surface area contributed by atoms with Crippen LogP contribution in [0.1, 0.15) is 34.3 Å². The van der Waals surface area contributed by atoms with Crippen LogP contribution in [0.5, 0.6) is 0 Å². The number of esters is 1. The van der Waals surface area contributed by atoms with Crippen molar-refractivity contribution >= 4 is 32.8 Å². The molecular formula is C25H28BrN3O3. The Bertz CT molecular complexity index is 1180. The normalized spacial score (nSPS) is 25.0. The molecule has 5 rings (SSSR count). The Labute approximate surface area is 196 Å². The summed E-state index contributed by atoms with van der Waals surface area (Å²) in [4.78, 5) is 18.9. The van der Waals surface area contributed by atoms with Gasteiger partial charge in [0.15, 0.2) is 0 Å². The zero-order chi connectivity index (χ0) is 22.5. The van der Waals surface area contributed by atoms with Crippen LogP contribution < -0.4 is 0 Å². The Morgan fingerprint density at radius 3 is 2.94 bits per heavy atom. The minimum absolute atomic E-state index is 0.291. The number of piperidine rings is 1. The molecule has 1 aliphatic carbocycles. The summed E-state index contributed by atoms with van der Waals surface area (Å²) in [6, 6.07) is 8.58. The van der Waals surface area contributed by atoms with Gasteiger partial charge in [-0.15, -0.1) is 0 Å². The number of hydrogen-bond acceptors (Lipinski definition) is 5. The van der Waals surface area contributed by atoms with Gasteiger partial charge < -0.3 is 14.0 Å². The van der Waals surface area contributed by atoms with Gasteiger partial charge >= 0.3 is 5.97 Å².